The Labute approximate surface area is 323 Å². The second kappa shape index (κ2) is 45.4. The van der Waals surface area contributed by atoms with Crippen LogP contribution in [0.1, 0.15) is 284 Å². The molecule has 304 valence electrons. The lowest BCUT2D eigenvalue weighted by Crippen LogP contribution is -2.05. The first-order valence-electron chi connectivity index (χ1n) is 24.0. The third-order valence-electron chi connectivity index (χ3n) is 11.4. The zero-order valence-corrected chi connectivity index (χ0v) is 35.7. The Morgan fingerprint density at radius 1 is 0.412 bits per heavy atom. The van der Waals surface area contributed by atoms with Crippen molar-refractivity contribution in [3.05, 3.63) is 12.2 Å². The van der Waals surface area contributed by atoms with Crippen molar-refractivity contribution in [1.29, 1.82) is 0 Å². The van der Waals surface area contributed by atoms with E-state index in [4.69, 9.17) is 4.74 Å². The van der Waals surface area contributed by atoms with Gasteiger partial charge in [-0.2, -0.15) is 0 Å². The van der Waals surface area contributed by atoms with Crippen molar-refractivity contribution in [2.75, 3.05) is 6.61 Å². The lowest BCUT2D eigenvalue weighted by molar-refractivity contribution is -0.143. The van der Waals surface area contributed by atoms with Gasteiger partial charge in [-0.05, 0) is 38.0 Å². The van der Waals surface area contributed by atoms with Crippen LogP contribution < -0.4 is 0 Å². The molecule has 0 aliphatic carbocycles. The number of unbranched alkanes of at least 4 members (excludes halogenated alkanes) is 35. The van der Waals surface area contributed by atoms with Gasteiger partial charge in [0.1, 0.15) is 0 Å². The first-order valence-corrected chi connectivity index (χ1v) is 24.0. The van der Waals surface area contributed by atoms with Gasteiger partial charge in [0.25, 0.3) is 0 Å². The van der Waals surface area contributed by atoms with Gasteiger partial charge in [0, 0.05) is 6.42 Å². The van der Waals surface area contributed by atoms with Crippen LogP contribution in [0.5, 0.6) is 0 Å². The molecule has 0 amide bonds. The monoisotopic (exact) mass is 717 g/mol. The average Bonchev–Trinajstić information content (AvgIpc) is 3.14. The maximum Gasteiger partial charge on any atom is 0.305 e. The van der Waals surface area contributed by atoms with Gasteiger partial charge in [0.2, 0.25) is 0 Å². The molecule has 0 aliphatic heterocycles. The summed E-state index contributed by atoms with van der Waals surface area (Å²) in [5.41, 5.74) is 0. The molecule has 0 rings (SSSR count). The third kappa shape index (κ3) is 45.3. The second-order valence-electron chi connectivity index (χ2n) is 16.7. The highest BCUT2D eigenvalue weighted by Crippen LogP contribution is 2.18. The standard InChI is InChI=1S/C49H96O2/c1-4-6-7-8-9-10-30-34-37-40-43-46-49(50)51-47-44-41-38-35-32-29-27-25-23-21-19-17-15-13-11-12-14-16-18-20-22-24-26-28-31-33-36-39-42-45-48(3)5-2/h8-9,48H,4-7,10-47H2,1-3H3. The second-order valence-corrected chi connectivity index (χ2v) is 16.7. The number of carbonyl (C=O) groups is 1. The van der Waals surface area contributed by atoms with Crippen molar-refractivity contribution in [1.82, 2.24) is 0 Å². The Morgan fingerprint density at radius 3 is 1.10 bits per heavy atom. The molecule has 0 bridgehead atoms. The van der Waals surface area contributed by atoms with Crippen LogP contribution in [-0.2, 0) is 9.53 Å². The van der Waals surface area contributed by atoms with Crippen LogP contribution in [0.15, 0.2) is 12.2 Å². The molecule has 2 heteroatoms. The van der Waals surface area contributed by atoms with Crippen molar-refractivity contribution < 1.29 is 9.53 Å². The minimum atomic E-state index is 0.0180. The van der Waals surface area contributed by atoms with Gasteiger partial charge in [0.15, 0.2) is 0 Å². The van der Waals surface area contributed by atoms with Crippen LogP contribution >= 0.6 is 0 Å². The highest BCUT2D eigenvalue weighted by atomic mass is 16.5. The minimum Gasteiger partial charge on any atom is -0.466 e. The molecule has 0 saturated heterocycles. The van der Waals surface area contributed by atoms with Gasteiger partial charge in [-0.25, -0.2) is 0 Å². The van der Waals surface area contributed by atoms with Crippen molar-refractivity contribution in [3.63, 3.8) is 0 Å². The number of esters is 1. The van der Waals surface area contributed by atoms with Crippen LogP contribution in [0.4, 0.5) is 0 Å². The molecule has 0 N–H and O–H groups in total. The highest BCUT2D eigenvalue weighted by molar-refractivity contribution is 5.69. The fourth-order valence-corrected chi connectivity index (χ4v) is 7.45. The predicted octanol–water partition coefficient (Wildman–Crippen LogP) is 17.8. The normalized spacial score (nSPS) is 12.3. The maximum absolute atomic E-state index is 11.9. The molecule has 0 aliphatic rings. The van der Waals surface area contributed by atoms with E-state index in [1.165, 1.54) is 238 Å². The lowest BCUT2D eigenvalue weighted by Gasteiger charge is -2.07. The Balaban J connectivity index is 3.14. The van der Waals surface area contributed by atoms with E-state index in [-0.39, 0.29) is 5.97 Å². The molecule has 0 aromatic carbocycles. The van der Waals surface area contributed by atoms with E-state index in [2.05, 4.69) is 32.9 Å². The summed E-state index contributed by atoms with van der Waals surface area (Å²) in [6.07, 6.45) is 60.5. The van der Waals surface area contributed by atoms with Crippen molar-refractivity contribution in [3.8, 4) is 0 Å². The molecule has 2 nitrogen and oxygen atoms in total. The summed E-state index contributed by atoms with van der Waals surface area (Å²) in [6, 6.07) is 0. The van der Waals surface area contributed by atoms with E-state index in [9.17, 15) is 4.79 Å². The number of hydrogen-bond donors (Lipinski definition) is 0. The van der Waals surface area contributed by atoms with E-state index < -0.39 is 0 Å². The molecule has 0 aromatic heterocycles. The zero-order chi connectivity index (χ0) is 37.0. The highest BCUT2D eigenvalue weighted by Gasteiger charge is 2.03. The number of ether oxygens (including phenoxy) is 1. The number of hydrogen-bond acceptors (Lipinski definition) is 2. The molecule has 51 heavy (non-hydrogen) atoms. The summed E-state index contributed by atoms with van der Waals surface area (Å²) in [5.74, 6) is 0.958. The quantitative estimate of drug-likeness (QED) is 0.0356. The Hall–Kier alpha value is -0.790. The Bertz CT molecular complexity index is 669. The predicted molar refractivity (Wildman–Crippen MR) is 230 cm³/mol. The summed E-state index contributed by atoms with van der Waals surface area (Å²) in [7, 11) is 0. The van der Waals surface area contributed by atoms with Crippen molar-refractivity contribution in [2.45, 2.75) is 284 Å². The molecule has 0 spiro atoms. The van der Waals surface area contributed by atoms with E-state index in [1.54, 1.807) is 0 Å². The minimum absolute atomic E-state index is 0.0180. The van der Waals surface area contributed by atoms with E-state index >= 15 is 0 Å². The fraction of sp³-hybridized carbons (Fsp3) is 0.939. The van der Waals surface area contributed by atoms with Crippen LogP contribution in [-0.4, -0.2) is 12.6 Å². The smallest absolute Gasteiger partial charge is 0.305 e. The summed E-state index contributed by atoms with van der Waals surface area (Å²) in [6.45, 7) is 7.60. The SMILES string of the molecule is CCCCC=CCCCCCCCC(=O)OCCCCCCCCCCCCCCCCCCCCCCCCCCCCCCCC(C)CC. The average molecular weight is 717 g/mol. The van der Waals surface area contributed by atoms with Gasteiger partial charge < -0.3 is 4.74 Å². The third-order valence-corrected chi connectivity index (χ3v) is 11.4. The molecule has 0 heterocycles. The molecule has 1 atom stereocenters. The van der Waals surface area contributed by atoms with Crippen molar-refractivity contribution in [2.24, 2.45) is 5.92 Å². The topological polar surface area (TPSA) is 26.3 Å². The molecular formula is C49H96O2. The van der Waals surface area contributed by atoms with E-state index in [0.717, 1.165) is 25.2 Å². The number of carbonyl (C=O) groups excluding carboxylic acids is 1. The van der Waals surface area contributed by atoms with Gasteiger partial charge in [-0.3, -0.25) is 4.79 Å². The zero-order valence-electron chi connectivity index (χ0n) is 35.7. The lowest BCUT2D eigenvalue weighted by atomic mass is 9.99. The van der Waals surface area contributed by atoms with Gasteiger partial charge in [-0.15, -0.1) is 0 Å². The first kappa shape index (κ1) is 50.2. The number of allylic oxidation sites excluding steroid dienone is 2. The van der Waals surface area contributed by atoms with Crippen LogP contribution in [0.3, 0.4) is 0 Å². The van der Waals surface area contributed by atoms with E-state index in [0.29, 0.717) is 13.0 Å². The summed E-state index contributed by atoms with van der Waals surface area (Å²) in [4.78, 5) is 11.9. The first-order chi connectivity index (χ1) is 25.2. The summed E-state index contributed by atoms with van der Waals surface area (Å²) >= 11 is 0. The van der Waals surface area contributed by atoms with Crippen LogP contribution in [0.2, 0.25) is 0 Å². The number of rotatable bonds is 44. The molecule has 0 radical (unpaired) electrons. The Kier molecular flexibility index (Phi) is 44.7. The molecule has 0 aromatic rings. The largest absolute Gasteiger partial charge is 0.466 e. The summed E-state index contributed by atoms with van der Waals surface area (Å²) < 4.78 is 5.45. The van der Waals surface area contributed by atoms with Gasteiger partial charge in [-0.1, -0.05) is 258 Å². The fourth-order valence-electron chi connectivity index (χ4n) is 7.45. The molecule has 1 unspecified atom stereocenters. The van der Waals surface area contributed by atoms with Gasteiger partial charge in [0.05, 0.1) is 6.61 Å². The van der Waals surface area contributed by atoms with E-state index in [1.807, 2.05) is 0 Å². The Morgan fingerprint density at radius 2 is 0.725 bits per heavy atom. The molecule has 0 saturated carbocycles. The van der Waals surface area contributed by atoms with Crippen LogP contribution in [0.25, 0.3) is 0 Å². The van der Waals surface area contributed by atoms with Crippen LogP contribution in [0, 0.1) is 5.92 Å². The van der Waals surface area contributed by atoms with Crippen molar-refractivity contribution >= 4 is 5.97 Å². The summed E-state index contributed by atoms with van der Waals surface area (Å²) in [5, 5.41) is 0. The molecular weight excluding hydrogens is 621 g/mol. The van der Waals surface area contributed by atoms with Gasteiger partial charge >= 0.3 is 5.97 Å². The maximum atomic E-state index is 11.9. The molecule has 0 fully saturated rings.